The van der Waals surface area contributed by atoms with Gasteiger partial charge in [0, 0.05) is 50.7 Å². The van der Waals surface area contributed by atoms with Crippen molar-refractivity contribution in [1.82, 2.24) is 19.9 Å². The lowest BCUT2D eigenvalue weighted by molar-refractivity contribution is 0.0553. The van der Waals surface area contributed by atoms with Crippen LogP contribution in [0.4, 0.5) is 16.2 Å². The second-order valence-corrected chi connectivity index (χ2v) is 7.09. The molecule has 0 unspecified atom stereocenters. The zero-order valence-corrected chi connectivity index (χ0v) is 14.8. The van der Waals surface area contributed by atoms with E-state index in [1.807, 2.05) is 6.07 Å². The third-order valence-corrected chi connectivity index (χ3v) is 5.19. The van der Waals surface area contributed by atoms with Crippen LogP contribution in [0.25, 0.3) is 0 Å². The Balaban J connectivity index is 1.37. The van der Waals surface area contributed by atoms with Crippen molar-refractivity contribution in [3.8, 4) is 0 Å². The fourth-order valence-corrected chi connectivity index (χ4v) is 3.78. The molecule has 2 fully saturated rings. The number of hydrogen-bond donors (Lipinski definition) is 1. The highest BCUT2D eigenvalue weighted by Crippen LogP contribution is 2.28. The van der Waals surface area contributed by atoms with Gasteiger partial charge in [0.1, 0.15) is 11.6 Å². The second-order valence-electron chi connectivity index (χ2n) is 7.09. The Hall–Kier alpha value is -2.12. The molecule has 2 aliphatic heterocycles. The van der Waals surface area contributed by atoms with Crippen molar-refractivity contribution in [3.05, 3.63) is 42.1 Å². The van der Waals surface area contributed by atoms with E-state index >= 15 is 0 Å². The van der Waals surface area contributed by atoms with Crippen molar-refractivity contribution >= 4 is 11.8 Å². The van der Waals surface area contributed by atoms with Gasteiger partial charge in [-0.2, -0.15) is 0 Å². The highest BCUT2D eigenvalue weighted by atomic mass is 19.1. The Kier molecular flexibility index (Phi) is 5.36. The van der Waals surface area contributed by atoms with Crippen LogP contribution in [0.3, 0.4) is 0 Å². The quantitative estimate of drug-likeness (QED) is 0.888. The minimum absolute atomic E-state index is 0.335. The molecule has 0 amide bonds. The van der Waals surface area contributed by atoms with Gasteiger partial charge in [-0.3, -0.25) is 0 Å². The molecule has 7 heteroatoms. The predicted molar refractivity (Wildman–Crippen MR) is 96.9 cm³/mol. The first-order chi connectivity index (χ1) is 12.8. The van der Waals surface area contributed by atoms with Crippen LogP contribution >= 0.6 is 0 Å². The first-order valence-electron chi connectivity index (χ1n) is 9.28. The van der Waals surface area contributed by atoms with E-state index in [1.54, 1.807) is 6.20 Å². The van der Waals surface area contributed by atoms with Gasteiger partial charge in [-0.15, -0.1) is 0 Å². The van der Waals surface area contributed by atoms with Crippen molar-refractivity contribution in [2.24, 2.45) is 5.92 Å². The number of hydrogen-bond acceptors (Lipinski definition) is 6. The number of aromatic nitrogens is 3. The number of rotatable bonds is 5. The van der Waals surface area contributed by atoms with E-state index in [2.05, 4.69) is 25.2 Å². The summed E-state index contributed by atoms with van der Waals surface area (Å²) in [5.41, 5.74) is 1.04. The Morgan fingerprint density at radius 3 is 2.85 bits per heavy atom. The molecule has 0 saturated carbocycles. The summed E-state index contributed by atoms with van der Waals surface area (Å²) in [5.74, 6) is 1.71. The molecule has 0 aliphatic carbocycles. The van der Waals surface area contributed by atoms with Crippen molar-refractivity contribution in [3.63, 3.8) is 0 Å². The first kappa shape index (κ1) is 17.3. The van der Waals surface area contributed by atoms with Crippen molar-refractivity contribution in [2.45, 2.75) is 25.2 Å². The fourth-order valence-electron chi connectivity index (χ4n) is 3.78. The van der Waals surface area contributed by atoms with E-state index in [1.165, 1.54) is 31.2 Å². The monoisotopic (exact) mass is 357 g/mol. The third kappa shape index (κ3) is 4.34. The summed E-state index contributed by atoms with van der Waals surface area (Å²) in [6.07, 6.45) is 6.63. The van der Waals surface area contributed by atoms with Gasteiger partial charge in [0.25, 0.3) is 0 Å². The zero-order valence-electron chi connectivity index (χ0n) is 14.8. The normalized spacial score (nSPS) is 21.8. The van der Waals surface area contributed by atoms with Gasteiger partial charge in [-0.05, 0) is 43.9 Å². The highest BCUT2D eigenvalue weighted by molar-refractivity contribution is 5.47. The Bertz CT molecular complexity index is 737. The molecule has 138 valence electrons. The van der Waals surface area contributed by atoms with Gasteiger partial charge in [0.15, 0.2) is 0 Å². The number of nitrogens with one attached hydrogen (secondary N) is 1. The minimum atomic E-state index is -0.335. The predicted octanol–water partition coefficient (Wildman–Crippen LogP) is 2.97. The second kappa shape index (κ2) is 8.05. The van der Waals surface area contributed by atoms with E-state index in [9.17, 15) is 4.39 Å². The van der Waals surface area contributed by atoms with Gasteiger partial charge < -0.3 is 15.0 Å². The summed E-state index contributed by atoms with van der Waals surface area (Å²) < 4.78 is 18.7. The highest BCUT2D eigenvalue weighted by Gasteiger charge is 2.27. The lowest BCUT2D eigenvalue weighted by Crippen LogP contribution is -2.30. The molecule has 0 bridgehead atoms. The number of ether oxygens (including phenoxy) is 1. The molecule has 2 aliphatic rings. The van der Waals surface area contributed by atoms with E-state index < -0.39 is 0 Å². The van der Waals surface area contributed by atoms with Gasteiger partial charge in [0.05, 0.1) is 5.69 Å². The maximum atomic E-state index is 13.3. The van der Waals surface area contributed by atoms with E-state index in [4.69, 9.17) is 4.74 Å². The number of anilines is 2. The molecular weight excluding hydrogens is 333 g/mol. The summed E-state index contributed by atoms with van der Waals surface area (Å²) in [7, 11) is 0. The molecule has 6 nitrogen and oxygen atoms in total. The van der Waals surface area contributed by atoms with Gasteiger partial charge in [-0.25, -0.2) is 19.3 Å². The van der Waals surface area contributed by atoms with E-state index in [0.29, 0.717) is 17.7 Å². The molecule has 4 heterocycles. The Labute approximate surface area is 152 Å². The van der Waals surface area contributed by atoms with Crippen LogP contribution in [-0.2, 0) is 4.74 Å². The number of pyridine rings is 1. The van der Waals surface area contributed by atoms with Crippen LogP contribution in [0.15, 0.2) is 30.6 Å². The molecule has 1 atom stereocenters. The Morgan fingerprint density at radius 1 is 1.15 bits per heavy atom. The molecule has 0 spiro atoms. The van der Waals surface area contributed by atoms with Gasteiger partial charge >= 0.3 is 0 Å². The lowest BCUT2D eigenvalue weighted by Gasteiger charge is -2.26. The number of likely N-dealkylation sites (tertiary alicyclic amines) is 1. The molecule has 2 aromatic heterocycles. The molecule has 2 aromatic rings. The topological polar surface area (TPSA) is 63.2 Å². The molecular formula is C19H24FN5O. The van der Waals surface area contributed by atoms with Crippen molar-refractivity contribution in [1.29, 1.82) is 0 Å². The minimum Gasteiger partial charge on any atom is -0.381 e. The molecule has 2 saturated heterocycles. The van der Waals surface area contributed by atoms with Crippen LogP contribution in [-0.4, -0.2) is 52.7 Å². The molecule has 26 heavy (non-hydrogen) atoms. The van der Waals surface area contributed by atoms with E-state index in [-0.39, 0.29) is 5.82 Å². The maximum Gasteiger partial charge on any atom is 0.228 e. The summed E-state index contributed by atoms with van der Waals surface area (Å²) in [4.78, 5) is 15.5. The van der Waals surface area contributed by atoms with E-state index in [0.717, 1.165) is 50.9 Å². The molecule has 4 rings (SSSR count). The summed E-state index contributed by atoms with van der Waals surface area (Å²) in [6, 6.07) is 4.63. The van der Waals surface area contributed by atoms with Crippen LogP contribution < -0.4 is 5.32 Å². The lowest BCUT2D eigenvalue weighted by atomic mass is 10.00. The van der Waals surface area contributed by atoms with Crippen LogP contribution in [0.2, 0.25) is 0 Å². The SMILES string of the molecule is Fc1ccnc(Nc2nccc([C@@H]3CCN(CC4CCOCC4)C3)n2)c1. The largest absolute Gasteiger partial charge is 0.381 e. The van der Waals surface area contributed by atoms with Gasteiger partial charge in [0.2, 0.25) is 5.95 Å². The summed E-state index contributed by atoms with van der Waals surface area (Å²) in [6.45, 7) is 5.10. The Morgan fingerprint density at radius 2 is 2.00 bits per heavy atom. The average Bonchev–Trinajstić information content (AvgIpc) is 3.11. The van der Waals surface area contributed by atoms with Crippen LogP contribution in [0, 0.1) is 11.7 Å². The third-order valence-electron chi connectivity index (χ3n) is 5.19. The molecule has 1 N–H and O–H groups in total. The molecule has 0 radical (unpaired) electrons. The fraction of sp³-hybridized carbons (Fsp3) is 0.526. The van der Waals surface area contributed by atoms with Crippen LogP contribution in [0.1, 0.15) is 30.9 Å². The smallest absolute Gasteiger partial charge is 0.228 e. The van der Waals surface area contributed by atoms with Crippen LogP contribution in [0.5, 0.6) is 0 Å². The average molecular weight is 357 g/mol. The summed E-state index contributed by atoms with van der Waals surface area (Å²) in [5, 5.41) is 2.98. The van der Waals surface area contributed by atoms with Crippen molar-refractivity contribution < 1.29 is 9.13 Å². The number of nitrogens with zero attached hydrogens (tertiary/aromatic N) is 4. The first-order valence-corrected chi connectivity index (χ1v) is 9.28. The zero-order chi connectivity index (χ0) is 17.8. The standard InChI is InChI=1S/C19H24FN5O/c20-16-1-6-21-18(11-16)24-19-22-7-2-17(23-19)15-3-8-25(13-15)12-14-4-9-26-10-5-14/h1-2,6-7,11,14-15H,3-5,8-10,12-13H2,(H,21,22,23,24)/t15-/m1/s1. The maximum absolute atomic E-state index is 13.3. The van der Waals surface area contributed by atoms with Crippen molar-refractivity contribution in [2.75, 3.05) is 38.2 Å². The number of halogens is 1. The van der Waals surface area contributed by atoms with Gasteiger partial charge in [-0.1, -0.05) is 0 Å². The summed E-state index contributed by atoms with van der Waals surface area (Å²) >= 11 is 0. The molecule has 0 aromatic carbocycles.